The zero-order valence-corrected chi connectivity index (χ0v) is 29.2. The summed E-state index contributed by atoms with van der Waals surface area (Å²) in [7, 11) is 1.65. The number of thiocarbonyl (C=S) groups is 3. The number of nitrogens with zero attached hydrogens (tertiary/aromatic N) is 1. The van der Waals surface area contributed by atoms with Gasteiger partial charge in [0, 0.05) is 91.3 Å². The van der Waals surface area contributed by atoms with E-state index in [9.17, 15) is 0 Å². The number of ether oxygens (including phenoxy) is 3. The van der Waals surface area contributed by atoms with Gasteiger partial charge in [0.2, 0.25) is 0 Å². The Morgan fingerprint density at radius 1 is 0.717 bits per heavy atom. The minimum atomic E-state index is -0.374. The van der Waals surface area contributed by atoms with Gasteiger partial charge in [0.1, 0.15) is 6.73 Å². The van der Waals surface area contributed by atoms with Crippen molar-refractivity contribution in [1.82, 2.24) is 47.9 Å². The van der Waals surface area contributed by atoms with Gasteiger partial charge in [-0.3, -0.25) is 0 Å². The number of hydrogen-bond donors (Lipinski definition) is 10. The molecule has 0 aliphatic carbocycles. The van der Waals surface area contributed by atoms with Crippen LogP contribution in [0.15, 0.2) is 29.3 Å². The molecule has 1 aromatic carbocycles. The fourth-order valence-corrected chi connectivity index (χ4v) is 5.76. The van der Waals surface area contributed by atoms with Crippen molar-refractivity contribution >= 4 is 63.4 Å². The van der Waals surface area contributed by atoms with Crippen LogP contribution in [-0.4, -0.2) is 145 Å². The van der Waals surface area contributed by atoms with Crippen molar-refractivity contribution in [2.24, 2.45) is 4.99 Å². The molecule has 17 heteroatoms. The molecule has 258 valence electrons. The Kier molecular flexibility index (Phi) is 18.9. The lowest BCUT2D eigenvalue weighted by Gasteiger charge is -2.39. The first-order chi connectivity index (χ1) is 22.5. The Morgan fingerprint density at radius 2 is 1.17 bits per heavy atom. The van der Waals surface area contributed by atoms with E-state index in [0.717, 1.165) is 50.6 Å². The Hall–Kier alpha value is -1.96. The lowest BCUT2D eigenvalue weighted by Crippen LogP contribution is -2.69. The van der Waals surface area contributed by atoms with Crippen LogP contribution in [0.5, 0.6) is 0 Å². The van der Waals surface area contributed by atoms with Crippen LogP contribution in [0.3, 0.4) is 0 Å². The number of hydrogen-bond acceptors (Lipinski definition) is 13. The van der Waals surface area contributed by atoms with Crippen molar-refractivity contribution in [3.05, 3.63) is 24.3 Å². The fraction of sp³-hybridized carbons (Fsp3) is 0.690. The Bertz CT molecular complexity index is 1040. The standard InChI is InChI=1S/C29H51N11O3S3/c1-41-12-13-42-14-15-43-22-36-26(45)39-28-16-30-6-9-33-19-29(20-34-10-7-31-17-28,21-35-11-8-32-18-28)40-27(46)38-25-4-2-24(3-5-25)37-23-44/h2-5,30-35H,6-22H2,1H3,(H2,36,39,45)(H2,38,40,46). The predicted octanol–water partition coefficient (Wildman–Crippen LogP) is -1.15. The average molecular weight is 698 g/mol. The van der Waals surface area contributed by atoms with Gasteiger partial charge >= 0.3 is 0 Å². The first-order valence-corrected chi connectivity index (χ1v) is 16.9. The largest absolute Gasteiger partial charge is 0.382 e. The van der Waals surface area contributed by atoms with Gasteiger partial charge in [-0.05, 0) is 60.9 Å². The SMILES string of the molecule is COCCOCCOCNC(=S)NC12CNCCNCC(NC(=S)Nc3ccc(N=C=S)cc3)(CNCCNC1)CNCCNC2. The third-order valence-corrected chi connectivity index (χ3v) is 7.95. The number of anilines is 1. The highest BCUT2D eigenvalue weighted by molar-refractivity contribution is 7.80. The monoisotopic (exact) mass is 697 g/mol. The number of fused-ring (bicyclic) bond motifs is 15. The van der Waals surface area contributed by atoms with Crippen LogP contribution in [0.2, 0.25) is 0 Å². The van der Waals surface area contributed by atoms with Gasteiger partial charge in [-0.15, -0.1) is 0 Å². The highest BCUT2D eigenvalue weighted by Crippen LogP contribution is 2.16. The zero-order chi connectivity index (χ0) is 32.8. The van der Waals surface area contributed by atoms with E-state index < -0.39 is 0 Å². The number of isothiocyanates is 1. The van der Waals surface area contributed by atoms with Crippen LogP contribution in [0, 0.1) is 0 Å². The summed E-state index contributed by atoms with van der Waals surface area (Å²) in [5, 5.41) is 39.0. The maximum absolute atomic E-state index is 5.78. The first-order valence-electron chi connectivity index (χ1n) is 15.7. The second-order valence-corrected chi connectivity index (χ2v) is 12.2. The molecular formula is C29H51N11O3S3. The van der Waals surface area contributed by atoms with E-state index >= 15 is 0 Å². The average Bonchev–Trinajstić information content (AvgIpc) is 3.04. The molecule has 2 bridgehead atoms. The maximum Gasteiger partial charge on any atom is 0.171 e. The molecule has 46 heavy (non-hydrogen) atoms. The van der Waals surface area contributed by atoms with Crippen LogP contribution in [0.4, 0.5) is 11.4 Å². The summed E-state index contributed by atoms with van der Waals surface area (Å²) in [6, 6.07) is 7.58. The maximum atomic E-state index is 5.78. The third-order valence-electron chi connectivity index (χ3n) is 7.41. The number of rotatable bonds is 12. The molecule has 0 atom stereocenters. The minimum Gasteiger partial charge on any atom is -0.382 e. The van der Waals surface area contributed by atoms with E-state index in [1.807, 2.05) is 24.3 Å². The van der Waals surface area contributed by atoms with Crippen molar-refractivity contribution in [1.29, 1.82) is 0 Å². The molecule has 0 aromatic heterocycles. The van der Waals surface area contributed by atoms with Crippen LogP contribution < -0.4 is 53.2 Å². The number of aliphatic imine (C=N–C) groups is 1. The summed E-state index contributed by atoms with van der Waals surface area (Å²) >= 11 is 16.2. The highest BCUT2D eigenvalue weighted by Gasteiger charge is 2.33. The lowest BCUT2D eigenvalue weighted by molar-refractivity contribution is 0.0232. The van der Waals surface area contributed by atoms with Gasteiger partial charge in [0.15, 0.2) is 10.2 Å². The summed E-state index contributed by atoms with van der Waals surface area (Å²) in [5.74, 6) is 0. The Labute approximate surface area is 289 Å². The van der Waals surface area contributed by atoms with Crippen LogP contribution in [-0.2, 0) is 14.2 Å². The van der Waals surface area contributed by atoms with Gasteiger partial charge in [-0.25, -0.2) is 0 Å². The number of methoxy groups -OCH3 is 1. The molecule has 3 saturated heterocycles. The number of nitrogens with one attached hydrogen (secondary N) is 10. The van der Waals surface area contributed by atoms with Gasteiger partial charge in [0.25, 0.3) is 0 Å². The molecular weight excluding hydrogens is 647 g/mol. The third kappa shape index (κ3) is 15.3. The summed E-state index contributed by atoms with van der Waals surface area (Å²) < 4.78 is 16.1. The fourth-order valence-electron chi connectivity index (χ4n) is 5.05. The second-order valence-electron chi connectivity index (χ2n) is 11.2. The number of benzene rings is 1. The van der Waals surface area contributed by atoms with Gasteiger partial charge in [-0.1, -0.05) is 0 Å². The normalized spacial score (nSPS) is 23.2. The summed E-state index contributed by atoms with van der Waals surface area (Å²) in [4.78, 5) is 4.01. The van der Waals surface area contributed by atoms with Crippen LogP contribution in [0.1, 0.15) is 0 Å². The van der Waals surface area contributed by atoms with E-state index in [1.165, 1.54) is 0 Å². The molecule has 3 fully saturated rings. The molecule has 3 aliphatic heterocycles. The van der Waals surface area contributed by atoms with E-state index in [0.29, 0.717) is 82.7 Å². The van der Waals surface area contributed by atoms with Crippen molar-refractivity contribution in [3.63, 3.8) is 0 Å². The van der Waals surface area contributed by atoms with E-state index in [4.69, 9.17) is 50.9 Å². The molecule has 10 N–H and O–H groups in total. The van der Waals surface area contributed by atoms with E-state index in [-0.39, 0.29) is 11.1 Å². The lowest BCUT2D eigenvalue weighted by atomic mass is 9.97. The molecule has 14 nitrogen and oxygen atoms in total. The molecule has 4 rings (SSSR count). The predicted molar refractivity (Wildman–Crippen MR) is 196 cm³/mol. The van der Waals surface area contributed by atoms with Gasteiger partial charge in [0.05, 0.1) is 48.4 Å². The smallest absolute Gasteiger partial charge is 0.171 e. The molecule has 3 heterocycles. The van der Waals surface area contributed by atoms with Crippen molar-refractivity contribution in [3.8, 4) is 0 Å². The minimum absolute atomic E-state index is 0.298. The van der Waals surface area contributed by atoms with Gasteiger partial charge in [-0.2, -0.15) is 4.99 Å². The highest BCUT2D eigenvalue weighted by atomic mass is 32.1. The summed E-state index contributed by atoms with van der Waals surface area (Å²) in [5.41, 5.74) is 0.880. The molecule has 0 radical (unpaired) electrons. The van der Waals surface area contributed by atoms with Crippen LogP contribution in [0.25, 0.3) is 0 Å². The summed E-state index contributed by atoms with van der Waals surface area (Å²) in [6.07, 6.45) is 0. The van der Waals surface area contributed by atoms with Crippen LogP contribution >= 0.6 is 36.7 Å². The van der Waals surface area contributed by atoms with E-state index in [2.05, 4.69) is 63.3 Å². The quantitative estimate of drug-likeness (QED) is 0.0552. The Morgan fingerprint density at radius 3 is 1.65 bits per heavy atom. The molecule has 0 spiro atoms. The van der Waals surface area contributed by atoms with E-state index in [1.54, 1.807) is 7.11 Å². The molecule has 3 aliphatic rings. The van der Waals surface area contributed by atoms with Crippen molar-refractivity contribution < 1.29 is 14.2 Å². The van der Waals surface area contributed by atoms with Crippen molar-refractivity contribution in [2.45, 2.75) is 11.1 Å². The first kappa shape index (κ1) is 38.5. The molecule has 0 saturated carbocycles. The topological polar surface area (TPSA) is 160 Å². The molecule has 1 aromatic rings. The van der Waals surface area contributed by atoms with Crippen molar-refractivity contribution in [2.75, 3.05) is 124 Å². The summed E-state index contributed by atoms with van der Waals surface area (Å²) in [6.45, 7) is 11.3. The molecule has 0 amide bonds. The molecule has 0 unspecified atom stereocenters. The second kappa shape index (κ2) is 22.6. The van der Waals surface area contributed by atoms with Gasteiger partial charge < -0.3 is 67.4 Å². The zero-order valence-electron chi connectivity index (χ0n) is 26.7. The Balaban J connectivity index is 1.58.